The van der Waals surface area contributed by atoms with Gasteiger partial charge in [-0.1, -0.05) is 69.7 Å². The van der Waals surface area contributed by atoms with E-state index in [1.54, 1.807) is 0 Å². The van der Waals surface area contributed by atoms with Crippen molar-refractivity contribution in [2.24, 2.45) is 5.73 Å². The van der Waals surface area contributed by atoms with E-state index in [1.165, 1.54) is 38.5 Å². The van der Waals surface area contributed by atoms with Crippen molar-refractivity contribution in [1.82, 2.24) is 5.32 Å². The number of nitrogens with two attached hydrogens (primary N) is 1. The lowest BCUT2D eigenvalue weighted by molar-refractivity contribution is -0.118. The van der Waals surface area contributed by atoms with Crippen LogP contribution in [0.2, 0.25) is 0 Å². The summed E-state index contributed by atoms with van der Waals surface area (Å²) in [6, 6.07) is 7.56. The number of carbonyl (C=O) groups is 1. The van der Waals surface area contributed by atoms with Gasteiger partial charge in [0.2, 0.25) is 0 Å². The van der Waals surface area contributed by atoms with E-state index in [0.29, 0.717) is 25.2 Å². The second-order valence-corrected chi connectivity index (χ2v) is 6.31. The molecule has 0 bridgehead atoms. The Morgan fingerprint density at radius 3 is 2.33 bits per heavy atom. The standard InChI is InChI=1S/C20H32N3O/c1-2-3-4-5-6-7-8-9-19(24)14-15-23-16-17-10-12-18(13-11-17)20(21)22/h10-13,15,23H,2-9,14,16H2,1H3,(H3,21,22)/q-1. The predicted octanol–water partition coefficient (Wildman–Crippen LogP) is 4.32. The lowest BCUT2D eigenvalue weighted by atomic mass is 10.1. The van der Waals surface area contributed by atoms with E-state index in [1.807, 2.05) is 30.8 Å². The van der Waals surface area contributed by atoms with Gasteiger partial charge in [-0.15, -0.1) is 6.42 Å². The van der Waals surface area contributed by atoms with Crippen LogP contribution >= 0.6 is 0 Å². The second kappa shape index (κ2) is 12.7. The summed E-state index contributed by atoms with van der Waals surface area (Å²) in [5.41, 5.74) is 7.26. The van der Waals surface area contributed by atoms with E-state index in [9.17, 15) is 4.79 Å². The lowest BCUT2D eigenvalue weighted by Gasteiger charge is -2.14. The van der Waals surface area contributed by atoms with Gasteiger partial charge in [0.15, 0.2) is 0 Å². The van der Waals surface area contributed by atoms with Crippen LogP contribution in [-0.4, -0.2) is 11.6 Å². The number of hydrogen-bond donors (Lipinski definition) is 3. The molecule has 134 valence electrons. The van der Waals surface area contributed by atoms with Crippen molar-refractivity contribution < 1.29 is 4.79 Å². The van der Waals surface area contributed by atoms with Gasteiger partial charge in [-0.3, -0.25) is 12.0 Å². The highest BCUT2D eigenvalue weighted by Gasteiger charge is 1.98. The number of amidine groups is 1. The van der Waals surface area contributed by atoms with Crippen LogP contribution < -0.4 is 11.1 Å². The van der Waals surface area contributed by atoms with Crippen molar-refractivity contribution in [3.63, 3.8) is 0 Å². The Labute approximate surface area is 146 Å². The number of carbonyl (C=O) groups excluding carboxylic acids is 1. The predicted molar refractivity (Wildman–Crippen MR) is 101 cm³/mol. The van der Waals surface area contributed by atoms with Gasteiger partial charge in [0.25, 0.3) is 0 Å². The summed E-state index contributed by atoms with van der Waals surface area (Å²) in [7, 11) is 0. The maximum Gasteiger partial charge on any atom is 0.122 e. The Bertz CT molecular complexity index is 482. The fraction of sp³-hybridized carbons (Fsp3) is 0.550. The van der Waals surface area contributed by atoms with Crippen LogP contribution in [0.4, 0.5) is 0 Å². The molecule has 0 aromatic heterocycles. The number of benzene rings is 1. The molecule has 4 nitrogen and oxygen atoms in total. The number of rotatable bonds is 14. The molecule has 0 aliphatic rings. The summed E-state index contributed by atoms with van der Waals surface area (Å²) < 4.78 is 0. The third kappa shape index (κ3) is 9.46. The minimum absolute atomic E-state index is 0.0806. The van der Waals surface area contributed by atoms with E-state index in [4.69, 9.17) is 11.1 Å². The number of nitrogen functional groups attached to an aromatic ring is 1. The third-order valence-corrected chi connectivity index (χ3v) is 4.10. The Balaban J connectivity index is 2.02. The van der Waals surface area contributed by atoms with Gasteiger partial charge < -0.3 is 15.8 Å². The molecule has 0 radical (unpaired) electrons. The summed E-state index contributed by atoms with van der Waals surface area (Å²) in [6.07, 6.45) is 9.87. The fourth-order valence-corrected chi connectivity index (χ4v) is 2.56. The van der Waals surface area contributed by atoms with E-state index in [-0.39, 0.29) is 5.84 Å². The van der Waals surface area contributed by atoms with Crippen LogP contribution in [0.15, 0.2) is 24.3 Å². The molecule has 0 aliphatic carbocycles. The molecule has 1 rings (SSSR count). The highest BCUT2D eigenvalue weighted by atomic mass is 16.1. The smallest absolute Gasteiger partial charge is 0.122 e. The number of hydrogen-bond acceptors (Lipinski definition) is 3. The van der Waals surface area contributed by atoms with Crippen molar-refractivity contribution in [1.29, 1.82) is 5.41 Å². The van der Waals surface area contributed by atoms with Gasteiger partial charge in [-0.05, 0) is 18.5 Å². The van der Waals surface area contributed by atoms with Gasteiger partial charge in [0.05, 0.1) is 0 Å². The zero-order valence-corrected chi connectivity index (χ0v) is 14.9. The first kappa shape index (κ1) is 20.4. The summed E-state index contributed by atoms with van der Waals surface area (Å²) in [5.74, 6) is 0.389. The van der Waals surface area contributed by atoms with Crippen molar-refractivity contribution >= 4 is 11.6 Å². The molecule has 1 aromatic carbocycles. The number of Topliss-reactive ketones (excluding diaryl/α,β-unsaturated/α-hetero) is 1. The van der Waals surface area contributed by atoms with Gasteiger partial charge in [0, 0.05) is 12.0 Å². The molecule has 0 atom stereocenters. The molecule has 0 spiro atoms. The Kier molecular flexibility index (Phi) is 10.8. The highest BCUT2D eigenvalue weighted by molar-refractivity contribution is 5.94. The van der Waals surface area contributed by atoms with Crippen LogP contribution in [0, 0.1) is 12.0 Å². The van der Waals surface area contributed by atoms with Gasteiger partial charge in [-0.2, -0.15) is 0 Å². The molecule has 4 N–H and O–H groups in total. The van der Waals surface area contributed by atoms with Crippen LogP contribution in [0.1, 0.15) is 75.8 Å². The van der Waals surface area contributed by atoms with Crippen molar-refractivity contribution in [3.8, 4) is 0 Å². The third-order valence-electron chi connectivity index (χ3n) is 4.10. The van der Waals surface area contributed by atoms with Gasteiger partial charge >= 0.3 is 0 Å². The molecule has 0 amide bonds. The quantitative estimate of drug-likeness (QED) is 0.206. The topological polar surface area (TPSA) is 79.0 Å². The van der Waals surface area contributed by atoms with Gasteiger partial charge in [0.1, 0.15) is 11.6 Å². The molecular formula is C20H32N3O-. The van der Waals surface area contributed by atoms with E-state index >= 15 is 0 Å². The fourth-order valence-electron chi connectivity index (χ4n) is 2.56. The average molecular weight is 330 g/mol. The zero-order valence-electron chi connectivity index (χ0n) is 14.9. The Morgan fingerprint density at radius 1 is 1.08 bits per heavy atom. The Morgan fingerprint density at radius 2 is 1.71 bits per heavy atom. The summed E-state index contributed by atoms with van der Waals surface area (Å²) in [5, 5.41) is 10.5. The monoisotopic (exact) mass is 330 g/mol. The second-order valence-electron chi connectivity index (χ2n) is 6.31. The first-order valence-corrected chi connectivity index (χ1v) is 9.13. The minimum Gasteiger partial charge on any atom is -0.466 e. The molecule has 0 saturated carbocycles. The molecule has 1 aromatic rings. The molecule has 0 heterocycles. The first-order valence-electron chi connectivity index (χ1n) is 9.13. The summed E-state index contributed by atoms with van der Waals surface area (Å²) in [4.78, 5) is 11.8. The zero-order chi connectivity index (χ0) is 17.6. The molecular weight excluding hydrogens is 298 g/mol. The molecule has 0 fully saturated rings. The molecule has 0 aliphatic heterocycles. The Hall–Kier alpha value is -1.68. The van der Waals surface area contributed by atoms with E-state index in [0.717, 1.165) is 17.5 Å². The van der Waals surface area contributed by atoms with Crippen LogP contribution in [-0.2, 0) is 11.3 Å². The maximum atomic E-state index is 11.8. The number of ketones is 1. The first-order chi connectivity index (χ1) is 11.6. The summed E-state index contributed by atoms with van der Waals surface area (Å²) >= 11 is 0. The number of unbranched alkanes of at least 4 members (excludes halogenated alkanes) is 6. The highest BCUT2D eigenvalue weighted by Crippen LogP contribution is 2.09. The van der Waals surface area contributed by atoms with Crippen molar-refractivity contribution in [2.45, 2.75) is 71.3 Å². The van der Waals surface area contributed by atoms with Crippen LogP contribution in [0.3, 0.4) is 0 Å². The average Bonchev–Trinajstić information content (AvgIpc) is 2.58. The lowest BCUT2D eigenvalue weighted by Crippen LogP contribution is -2.14. The van der Waals surface area contributed by atoms with Gasteiger partial charge in [-0.25, -0.2) is 0 Å². The molecule has 24 heavy (non-hydrogen) atoms. The molecule has 0 unspecified atom stereocenters. The number of nitrogens with one attached hydrogen (secondary N) is 2. The minimum atomic E-state index is 0.0806. The largest absolute Gasteiger partial charge is 0.466 e. The SMILES string of the molecule is CCCCCCCCCC(=O)C[CH-]NCc1ccc(C(=N)N)cc1. The maximum absolute atomic E-state index is 11.8. The van der Waals surface area contributed by atoms with Crippen molar-refractivity contribution in [2.75, 3.05) is 0 Å². The summed E-state index contributed by atoms with van der Waals surface area (Å²) in [6.45, 7) is 4.76. The molecule has 0 saturated heterocycles. The van der Waals surface area contributed by atoms with Crippen LogP contribution in [0.5, 0.6) is 0 Å². The van der Waals surface area contributed by atoms with Crippen LogP contribution in [0.25, 0.3) is 0 Å². The van der Waals surface area contributed by atoms with E-state index in [2.05, 4.69) is 12.2 Å². The normalized spacial score (nSPS) is 10.7. The molecule has 4 heteroatoms. The van der Waals surface area contributed by atoms with E-state index < -0.39 is 0 Å². The van der Waals surface area contributed by atoms with Crippen molar-refractivity contribution in [3.05, 3.63) is 41.9 Å².